The Morgan fingerprint density at radius 3 is 2.60 bits per heavy atom. The van der Waals surface area contributed by atoms with E-state index in [2.05, 4.69) is 32.0 Å². The second kappa shape index (κ2) is 5.89. The summed E-state index contributed by atoms with van der Waals surface area (Å²) in [6.45, 7) is 4.99. The van der Waals surface area contributed by atoms with Gasteiger partial charge in [0, 0.05) is 6.04 Å². The molecular formula is C13H22N2. The number of hydrogen-bond acceptors (Lipinski definition) is 2. The van der Waals surface area contributed by atoms with Crippen LogP contribution >= 0.6 is 0 Å². The highest BCUT2D eigenvalue weighted by Gasteiger charge is 2.08. The smallest absolute Gasteiger partial charge is 0.0297 e. The van der Waals surface area contributed by atoms with Crippen molar-refractivity contribution in [3.8, 4) is 0 Å². The van der Waals surface area contributed by atoms with Gasteiger partial charge in [0.1, 0.15) is 0 Å². The summed E-state index contributed by atoms with van der Waals surface area (Å²) in [5.74, 6) is 0. The van der Waals surface area contributed by atoms with E-state index in [-0.39, 0.29) is 6.04 Å². The molecule has 0 aliphatic heterocycles. The summed E-state index contributed by atoms with van der Waals surface area (Å²) >= 11 is 0. The summed E-state index contributed by atoms with van der Waals surface area (Å²) in [6, 6.07) is 6.64. The van der Waals surface area contributed by atoms with E-state index in [1.54, 1.807) is 0 Å². The third-order valence-corrected chi connectivity index (χ3v) is 2.80. The van der Waals surface area contributed by atoms with Crippen LogP contribution in [0.3, 0.4) is 0 Å². The molecule has 0 saturated heterocycles. The molecule has 4 N–H and O–H groups in total. The minimum atomic E-state index is 0.163. The second-order valence-electron chi connectivity index (χ2n) is 4.25. The SMILES string of the molecule is Cc1ccc(C)c([C@H](N)CCCCN)c1. The largest absolute Gasteiger partial charge is 0.330 e. The standard InChI is InChI=1S/C13H22N2/c1-10-6-7-11(2)12(9-10)13(15)5-3-4-8-14/h6-7,9,13H,3-5,8,14-15H2,1-2H3/t13-/m1/s1. The number of unbranched alkanes of at least 4 members (excludes halogenated alkanes) is 1. The first-order valence-corrected chi connectivity index (χ1v) is 5.68. The van der Waals surface area contributed by atoms with Crippen LogP contribution in [0.4, 0.5) is 0 Å². The maximum absolute atomic E-state index is 6.16. The maximum atomic E-state index is 6.16. The first-order valence-electron chi connectivity index (χ1n) is 5.68. The molecule has 0 aliphatic carbocycles. The lowest BCUT2D eigenvalue weighted by Crippen LogP contribution is -2.12. The molecule has 0 bridgehead atoms. The van der Waals surface area contributed by atoms with Crippen LogP contribution in [0.1, 0.15) is 42.0 Å². The zero-order valence-corrected chi connectivity index (χ0v) is 9.79. The van der Waals surface area contributed by atoms with Gasteiger partial charge in [-0.15, -0.1) is 0 Å². The molecule has 84 valence electrons. The van der Waals surface area contributed by atoms with E-state index >= 15 is 0 Å². The summed E-state index contributed by atoms with van der Waals surface area (Å²) in [4.78, 5) is 0. The van der Waals surface area contributed by atoms with Crippen LogP contribution in [0.15, 0.2) is 18.2 Å². The number of benzene rings is 1. The van der Waals surface area contributed by atoms with Crippen molar-refractivity contribution in [2.24, 2.45) is 11.5 Å². The van der Waals surface area contributed by atoms with Gasteiger partial charge in [-0.1, -0.05) is 30.2 Å². The molecule has 0 aromatic heterocycles. The van der Waals surface area contributed by atoms with Gasteiger partial charge in [0.05, 0.1) is 0 Å². The lowest BCUT2D eigenvalue weighted by Gasteiger charge is -2.15. The van der Waals surface area contributed by atoms with E-state index in [4.69, 9.17) is 11.5 Å². The highest BCUT2D eigenvalue weighted by molar-refractivity contribution is 5.32. The molecule has 2 heteroatoms. The molecule has 0 amide bonds. The third-order valence-electron chi connectivity index (χ3n) is 2.80. The van der Waals surface area contributed by atoms with Gasteiger partial charge in [0.2, 0.25) is 0 Å². The van der Waals surface area contributed by atoms with Gasteiger partial charge in [0.15, 0.2) is 0 Å². The first kappa shape index (κ1) is 12.2. The van der Waals surface area contributed by atoms with Crippen molar-refractivity contribution in [3.05, 3.63) is 34.9 Å². The zero-order valence-electron chi connectivity index (χ0n) is 9.79. The topological polar surface area (TPSA) is 52.0 Å². The summed E-state index contributed by atoms with van der Waals surface area (Å²) < 4.78 is 0. The Kier molecular flexibility index (Phi) is 4.79. The fourth-order valence-corrected chi connectivity index (χ4v) is 1.82. The molecule has 2 nitrogen and oxygen atoms in total. The summed E-state index contributed by atoms with van der Waals surface area (Å²) in [5, 5.41) is 0. The Morgan fingerprint density at radius 2 is 1.93 bits per heavy atom. The average molecular weight is 206 g/mol. The lowest BCUT2D eigenvalue weighted by atomic mass is 9.96. The fraction of sp³-hybridized carbons (Fsp3) is 0.538. The molecule has 0 saturated carbocycles. The first-order chi connectivity index (χ1) is 7.15. The monoisotopic (exact) mass is 206 g/mol. The van der Waals surface area contributed by atoms with Gasteiger partial charge in [0.25, 0.3) is 0 Å². The Hall–Kier alpha value is -0.860. The molecule has 0 spiro atoms. The van der Waals surface area contributed by atoms with Crippen molar-refractivity contribution < 1.29 is 0 Å². The molecule has 1 atom stereocenters. The Morgan fingerprint density at radius 1 is 1.20 bits per heavy atom. The van der Waals surface area contributed by atoms with Crippen molar-refractivity contribution in [1.29, 1.82) is 0 Å². The molecule has 1 aromatic rings. The van der Waals surface area contributed by atoms with Crippen LogP contribution in [0.2, 0.25) is 0 Å². The maximum Gasteiger partial charge on any atom is 0.0297 e. The highest BCUT2D eigenvalue weighted by Crippen LogP contribution is 2.21. The molecule has 1 aromatic carbocycles. The van der Waals surface area contributed by atoms with Crippen molar-refractivity contribution >= 4 is 0 Å². The molecule has 0 aliphatic rings. The molecule has 0 heterocycles. The average Bonchev–Trinajstić information content (AvgIpc) is 2.22. The number of aryl methyl sites for hydroxylation is 2. The van der Waals surface area contributed by atoms with Crippen LogP contribution in [-0.2, 0) is 0 Å². The summed E-state index contributed by atoms with van der Waals surface area (Å²) in [7, 11) is 0. The van der Waals surface area contributed by atoms with Gasteiger partial charge < -0.3 is 11.5 Å². The van der Waals surface area contributed by atoms with E-state index in [0.29, 0.717) is 0 Å². The van der Waals surface area contributed by atoms with E-state index in [9.17, 15) is 0 Å². The Balaban J connectivity index is 2.64. The van der Waals surface area contributed by atoms with Gasteiger partial charge in [-0.25, -0.2) is 0 Å². The molecular weight excluding hydrogens is 184 g/mol. The molecule has 1 rings (SSSR count). The number of rotatable bonds is 5. The third kappa shape index (κ3) is 3.65. The van der Waals surface area contributed by atoms with E-state index in [1.165, 1.54) is 16.7 Å². The number of nitrogens with two attached hydrogens (primary N) is 2. The van der Waals surface area contributed by atoms with Crippen molar-refractivity contribution in [1.82, 2.24) is 0 Å². The lowest BCUT2D eigenvalue weighted by molar-refractivity contribution is 0.588. The van der Waals surface area contributed by atoms with Crippen LogP contribution in [0, 0.1) is 13.8 Å². The van der Waals surface area contributed by atoms with E-state index in [1.807, 2.05) is 0 Å². The summed E-state index contributed by atoms with van der Waals surface area (Å²) in [6.07, 6.45) is 3.21. The summed E-state index contributed by atoms with van der Waals surface area (Å²) in [5.41, 5.74) is 15.5. The minimum absolute atomic E-state index is 0.163. The predicted molar refractivity (Wildman–Crippen MR) is 65.7 cm³/mol. The van der Waals surface area contributed by atoms with Crippen LogP contribution in [-0.4, -0.2) is 6.54 Å². The minimum Gasteiger partial charge on any atom is -0.330 e. The van der Waals surface area contributed by atoms with Gasteiger partial charge >= 0.3 is 0 Å². The highest BCUT2D eigenvalue weighted by atomic mass is 14.6. The number of hydrogen-bond donors (Lipinski definition) is 2. The van der Waals surface area contributed by atoms with Crippen LogP contribution < -0.4 is 11.5 Å². The molecule has 15 heavy (non-hydrogen) atoms. The van der Waals surface area contributed by atoms with E-state index in [0.717, 1.165) is 25.8 Å². The fourth-order valence-electron chi connectivity index (χ4n) is 1.82. The van der Waals surface area contributed by atoms with Crippen molar-refractivity contribution in [3.63, 3.8) is 0 Å². The van der Waals surface area contributed by atoms with Crippen LogP contribution in [0.5, 0.6) is 0 Å². The van der Waals surface area contributed by atoms with Gasteiger partial charge in [-0.2, -0.15) is 0 Å². The van der Waals surface area contributed by atoms with E-state index < -0.39 is 0 Å². The Bertz CT molecular complexity index is 307. The van der Waals surface area contributed by atoms with Crippen molar-refractivity contribution in [2.45, 2.75) is 39.2 Å². The second-order valence-corrected chi connectivity index (χ2v) is 4.25. The molecule has 0 unspecified atom stereocenters. The van der Waals surface area contributed by atoms with Gasteiger partial charge in [-0.05, 0) is 44.4 Å². The molecule has 0 fully saturated rings. The molecule has 0 radical (unpaired) electrons. The van der Waals surface area contributed by atoms with Crippen LogP contribution in [0.25, 0.3) is 0 Å². The van der Waals surface area contributed by atoms with Gasteiger partial charge in [-0.3, -0.25) is 0 Å². The predicted octanol–water partition coefficient (Wildman–Crippen LogP) is 2.43. The normalized spacial score (nSPS) is 12.8. The Labute approximate surface area is 92.7 Å². The quantitative estimate of drug-likeness (QED) is 0.727. The zero-order chi connectivity index (χ0) is 11.3. The van der Waals surface area contributed by atoms with Crippen molar-refractivity contribution in [2.75, 3.05) is 6.54 Å².